The van der Waals surface area contributed by atoms with Crippen LogP contribution < -0.4 is 11.3 Å². The molecule has 1 heterocycles. The van der Waals surface area contributed by atoms with E-state index in [0.717, 1.165) is 12.8 Å². The lowest BCUT2D eigenvalue weighted by Crippen LogP contribution is -2.38. The van der Waals surface area contributed by atoms with Crippen LogP contribution in [0.15, 0.2) is 29.6 Å². The molecule has 1 aromatic carbocycles. The molecule has 1 aromatic heterocycles. The Labute approximate surface area is 132 Å². The fourth-order valence-corrected chi connectivity index (χ4v) is 4.26. The summed E-state index contributed by atoms with van der Waals surface area (Å²) in [6.07, 6.45) is 3.36. The van der Waals surface area contributed by atoms with Crippen LogP contribution in [-0.4, -0.2) is 6.04 Å². The highest BCUT2D eigenvalue weighted by Gasteiger charge is 2.19. The Morgan fingerprint density at radius 1 is 1.24 bits per heavy atom. The van der Waals surface area contributed by atoms with Crippen molar-refractivity contribution in [2.24, 2.45) is 17.2 Å². The number of fused-ring (bicyclic) bond motifs is 1. The number of hydrazine groups is 1. The first kappa shape index (κ1) is 16.5. The second-order valence-corrected chi connectivity index (χ2v) is 8.34. The molecule has 0 radical (unpaired) electrons. The third-order valence-electron chi connectivity index (χ3n) is 3.91. The normalized spacial score (nSPS) is 15.3. The van der Waals surface area contributed by atoms with Crippen molar-refractivity contribution in [3.8, 4) is 0 Å². The zero-order valence-electron chi connectivity index (χ0n) is 13.6. The summed E-state index contributed by atoms with van der Waals surface area (Å²) in [6.45, 7) is 9.25. The number of nitrogens with one attached hydrogen (secondary N) is 1. The van der Waals surface area contributed by atoms with Crippen molar-refractivity contribution in [1.82, 2.24) is 5.43 Å². The smallest absolute Gasteiger partial charge is 0.0345 e. The molecule has 2 unspecified atom stereocenters. The lowest BCUT2D eigenvalue weighted by molar-refractivity contribution is 0.275. The van der Waals surface area contributed by atoms with Gasteiger partial charge in [-0.05, 0) is 53.0 Å². The van der Waals surface area contributed by atoms with Gasteiger partial charge in [-0.15, -0.1) is 11.3 Å². The van der Waals surface area contributed by atoms with Gasteiger partial charge < -0.3 is 0 Å². The van der Waals surface area contributed by atoms with Crippen molar-refractivity contribution in [3.63, 3.8) is 0 Å². The Bertz CT molecular complexity index is 568. The van der Waals surface area contributed by atoms with Gasteiger partial charge in [0.15, 0.2) is 0 Å². The van der Waals surface area contributed by atoms with Gasteiger partial charge in [-0.1, -0.05) is 45.9 Å². The van der Waals surface area contributed by atoms with Crippen LogP contribution in [0.25, 0.3) is 10.1 Å². The van der Waals surface area contributed by atoms with Crippen molar-refractivity contribution in [2.45, 2.75) is 53.0 Å². The minimum absolute atomic E-state index is 0.348. The van der Waals surface area contributed by atoms with E-state index < -0.39 is 0 Å². The van der Waals surface area contributed by atoms with Gasteiger partial charge in [0.1, 0.15) is 0 Å². The summed E-state index contributed by atoms with van der Waals surface area (Å²) >= 11 is 1.83. The molecule has 0 saturated carbocycles. The monoisotopic (exact) mass is 304 g/mol. The molecular formula is C18H28N2S. The van der Waals surface area contributed by atoms with E-state index >= 15 is 0 Å². The van der Waals surface area contributed by atoms with E-state index in [4.69, 9.17) is 5.84 Å². The maximum atomic E-state index is 5.80. The Morgan fingerprint density at radius 3 is 2.62 bits per heavy atom. The van der Waals surface area contributed by atoms with Gasteiger partial charge in [-0.3, -0.25) is 11.3 Å². The fourth-order valence-electron chi connectivity index (χ4n) is 3.28. The molecule has 0 saturated heterocycles. The van der Waals surface area contributed by atoms with Crippen molar-refractivity contribution in [2.75, 3.05) is 0 Å². The van der Waals surface area contributed by atoms with Crippen LogP contribution in [0, 0.1) is 11.3 Å². The SMILES string of the molecule is CC(CC(Cc1csc2ccccc12)NN)CC(C)(C)C. The number of nitrogens with two attached hydrogens (primary N) is 1. The van der Waals surface area contributed by atoms with E-state index in [1.54, 1.807) is 0 Å². The number of hydrogen-bond donors (Lipinski definition) is 2. The van der Waals surface area contributed by atoms with Crippen LogP contribution in [0.3, 0.4) is 0 Å². The van der Waals surface area contributed by atoms with Crippen LogP contribution in [0.4, 0.5) is 0 Å². The topological polar surface area (TPSA) is 38.0 Å². The largest absolute Gasteiger partial charge is 0.271 e. The minimum atomic E-state index is 0.348. The van der Waals surface area contributed by atoms with Gasteiger partial charge in [-0.2, -0.15) is 0 Å². The number of thiophene rings is 1. The summed E-state index contributed by atoms with van der Waals surface area (Å²) in [5.41, 5.74) is 4.83. The van der Waals surface area contributed by atoms with E-state index in [-0.39, 0.29) is 0 Å². The fraction of sp³-hybridized carbons (Fsp3) is 0.556. The molecule has 116 valence electrons. The summed E-state index contributed by atoms with van der Waals surface area (Å²) in [4.78, 5) is 0. The zero-order chi connectivity index (χ0) is 15.5. The molecule has 2 rings (SSSR count). The first-order chi connectivity index (χ1) is 9.89. The molecule has 0 aliphatic carbocycles. The molecule has 21 heavy (non-hydrogen) atoms. The summed E-state index contributed by atoms with van der Waals surface area (Å²) < 4.78 is 1.37. The molecule has 2 nitrogen and oxygen atoms in total. The second-order valence-electron chi connectivity index (χ2n) is 7.43. The van der Waals surface area contributed by atoms with Crippen LogP contribution >= 0.6 is 11.3 Å². The second kappa shape index (κ2) is 6.91. The Kier molecular flexibility index (Phi) is 5.42. The Hall–Kier alpha value is -0.900. The van der Waals surface area contributed by atoms with Crippen molar-refractivity contribution >= 4 is 21.4 Å². The molecule has 0 bridgehead atoms. The predicted octanol–water partition coefficient (Wildman–Crippen LogP) is 4.74. The predicted molar refractivity (Wildman–Crippen MR) is 94.5 cm³/mol. The minimum Gasteiger partial charge on any atom is -0.271 e. The van der Waals surface area contributed by atoms with Gasteiger partial charge in [0.05, 0.1) is 0 Å². The summed E-state index contributed by atoms with van der Waals surface area (Å²) in [6, 6.07) is 8.97. The van der Waals surface area contributed by atoms with Crippen molar-refractivity contribution in [1.29, 1.82) is 0 Å². The van der Waals surface area contributed by atoms with E-state index in [0.29, 0.717) is 17.4 Å². The first-order valence-electron chi connectivity index (χ1n) is 7.80. The van der Waals surface area contributed by atoms with Crippen LogP contribution in [0.5, 0.6) is 0 Å². The summed E-state index contributed by atoms with van der Waals surface area (Å²) in [5, 5.41) is 3.66. The highest BCUT2D eigenvalue weighted by molar-refractivity contribution is 7.17. The van der Waals surface area contributed by atoms with Crippen molar-refractivity contribution in [3.05, 3.63) is 35.2 Å². The molecule has 0 spiro atoms. The zero-order valence-corrected chi connectivity index (χ0v) is 14.5. The third-order valence-corrected chi connectivity index (χ3v) is 4.92. The summed E-state index contributed by atoms with van der Waals surface area (Å²) in [7, 11) is 0. The van der Waals surface area contributed by atoms with Gasteiger partial charge in [0, 0.05) is 10.7 Å². The molecular weight excluding hydrogens is 276 g/mol. The van der Waals surface area contributed by atoms with Gasteiger partial charge in [0.25, 0.3) is 0 Å². The maximum Gasteiger partial charge on any atom is 0.0345 e. The van der Waals surface area contributed by atoms with Crippen molar-refractivity contribution < 1.29 is 0 Å². The molecule has 0 aliphatic heterocycles. The average molecular weight is 305 g/mol. The third kappa shape index (κ3) is 4.80. The lowest BCUT2D eigenvalue weighted by atomic mass is 9.82. The average Bonchev–Trinajstić information content (AvgIpc) is 2.79. The van der Waals surface area contributed by atoms with Crippen LogP contribution in [0.2, 0.25) is 0 Å². The Morgan fingerprint density at radius 2 is 1.95 bits per heavy atom. The Balaban J connectivity index is 2.02. The molecule has 2 atom stereocenters. The van der Waals surface area contributed by atoms with Gasteiger partial charge >= 0.3 is 0 Å². The van der Waals surface area contributed by atoms with E-state index in [1.807, 2.05) is 11.3 Å². The lowest BCUT2D eigenvalue weighted by Gasteiger charge is -2.26. The first-order valence-corrected chi connectivity index (χ1v) is 8.68. The number of rotatable bonds is 6. The molecule has 3 N–H and O–H groups in total. The highest BCUT2D eigenvalue weighted by Crippen LogP contribution is 2.29. The standard InChI is InChI=1S/C18H28N2S/c1-13(11-18(2,3)4)9-15(20-19)10-14-12-21-17-8-6-5-7-16(14)17/h5-8,12-13,15,20H,9-11,19H2,1-4H3. The molecule has 0 aliphatic rings. The van der Waals surface area contributed by atoms with Crippen LogP contribution in [-0.2, 0) is 6.42 Å². The molecule has 0 amide bonds. The number of hydrogen-bond acceptors (Lipinski definition) is 3. The molecule has 3 heteroatoms. The van der Waals surface area contributed by atoms with E-state index in [9.17, 15) is 0 Å². The summed E-state index contributed by atoms with van der Waals surface area (Å²) in [5.74, 6) is 6.48. The molecule has 0 fully saturated rings. The highest BCUT2D eigenvalue weighted by atomic mass is 32.1. The van der Waals surface area contributed by atoms with Gasteiger partial charge in [-0.25, -0.2) is 0 Å². The number of benzene rings is 1. The van der Waals surface area contributed by atoms with Crippen LogP contribution in [0.1, 0.15) is 46.1 Å². The maximum absolute atomic E-state index is 5.80. The quantitative estimate of drug-likeness (QED) is 0.597. The van der Waals surface area contributed by atoms with E-state index in [2.05, 4.69) is 62.8 Å². The van der Waals surface area contributed by atoms with Gasteiger partial charge in [0.2, 0.25) is 0 Å². The van der Waals surface area contributed by atoms with E-state index in [1.165, 1.54) is 22.1 Å². The molecule has 2 aromatic rings.